The summed E-state index contributed by atoms with van der Waals surface area (Å²) < 4.78 is 0. The van der Waals surface area contributed by atoms with E-state index < -0.39 is 36.6 Å². The molecule has 0 fully saturated rings. The zero-order valence-electron chi connectivity index (χ0n) is 6.19. The molecule has 6 nitrogen and oxygen atoms in total. The summed E-state index contributed by atoms with van der Waals surface area (Å²) in [5.41, 5.74) is 4.98. The van der Waals surface area contributed by atoms with Crippen molar-refractivity contribution in [2.45, 2.75) is 18.9 Å². The van der Waals surface area contributed by atoms with Crippen LogP contribution in [0.3, 0.4) is 0 Å². The van der Waals surface area contributed by atoms with E-state index in [1.165, 1.54) is 0 Å². The third-order valence-corrected chi connectivity index (χ3v) is 1.11. The first-order valence-electron chi connectivity index (χ1n) is 3.15. The minimum Gasteiger partial charge on any atom is -0.481 e. The number of ketones is 1. The molecule has 0 saturated carbocycles. The first kappa shape index (κ1) is 10.6. The number of carbonyl (C=O) groups is 3. The summed E-state index contributed by atoms with van der Waals surface area (Å²) in [6.07, 6.45) is -1.12. The van der Waals surface area contributed by atoms with Crippen LogP contribution in [0.5, 0.6) is 0 Å². The van der Waals surface area contributed by atoms with E-state index in [1.54, 1.807) is 0 Å². The lowest BCUT2D eigenvalue weighted by molar-refractivity contribution is -0.143. The Labute approximate surface area is 68.0 Å². The van der Waals surface area contributed by atoms with Crippen LogP contribution < -0.4 is 5.73 Å². The van der Waals surface area contributed by atoms with E-state index in [1.807, 2.05) is 0 Å². The van der Waals surface area contributed by atoms with Crippen molar-refractivity contribution in [1.82, 2.24) is 0 Å². The minimum atomic E-state index is -1.31. The fourth-order valence-corrected chi connectivity index (χ4v) is 0.573. The van der Waals surface area contributed by atoms with E-state index in [0.717, 1.165) is 0 Å². The van der Waals surface area contributed by atoms with Crippen LogP contribution in [0.1, 0.15) is 12.8 Å². The smallest absolute Gasteiger partial charge is 0.320 e. The van der Waals surface area contributed by atoms with Crippen LogP contribution in [-0.4, -0.2) is 34.0 Å². The molecule has 12 heavy (non-hydrogen) atoms. The second-order valence-corrected chi connectivity index (χ2v) is 2.26. The van der Waals surface area contributed by atoms with Crippen molar-refractivity contribution in [2.24, 2.45) is 5.73 Å². The maximum Gasteiger partial charge on any atom is 0.320 e. The first-order chi connectivity index (χ1) is 5.43. The summed E-state index contributed by atoms with van der Waals surface area (Å²) in [5, 5.41) is 16.4. The van der Waals surface area contributed by atoms with Crippen LogP contribution in [0.25, 0.3) is 0 Å². The Hall–Kier alpha value is -1.43. The molecule has 6 heteroatoms. The molecule has 1 unspecified atom stereocenters. The molecule has 0 rings (SSSR count). The van der Waals surface area contributed by atoms with Crippen molar-refractivity contribution in [2.75, 3.05) is 0 Å². The van der Waals surface area contributed by atoms with Gasteiger partial charge in [-0.15, -0.1) is 0 Å². The van der Waals surface area contributed by atoms with Gasteiger partial charge in [0.05, 0.1) is 0 Å². The Balaban J connectivity index is 3.85. The minimum absolute atomic E-state index is 0.443. The normalized spacial score (nSPS) is 12.1. The zero-order valence-corrected chi connectivity index (χ0v) is 6.19. The maximum absolute atomic E-state index is 10.6. The van der Waals surface area contributed by atoms with E-state index in [4.69, 9.17) is 15.9 Å². The molecule has 0 amide bonds. The Morgan fingerprint density at radius 1 is 1.25 bits per heavy atom. The number of nitrogens with two attached hydrogens (primary N) is 1. The summed E-state index contributed by atoms with van der Waals surface area (Å²) >= 11 is 0. The lowest BCUT2D eigenvalue weighted by Gasteiger charge is -2.02. The molecule has 0 aromatic heterocycles. The highest BCUT2D eigenvalue weighted by molar-refractivity contribution is 5.96. The highest BCUT2D eigenvalue weighted by atomic mass is 16.4. The fraction of sp³-hybridized carbons (Fsp3) is 0.500. The summed E-state index contributed by atoms with van der Waals surface area (Å²) in [6, 6.07) is -1.31. The van der Waals surface area contributed by atoms with Gasteiger partial charge in [-0.1, -0.05) is 0 Å². The molecule has 1 atom stereocenters. The molecular weight excluding hydrogens is 166 g/mol. The molecule has 68 valence electrons. The largest absolute Gasteiger partial charge is 0.481 e. The van der Waals surface area contributed by atoms with E-state index >= 15 is 0 Å². The topological polar surface area (TPSA) is 118 Å². The van der Waals surface area contributed by atoms with Crippen molar-refractivity contribution in [3.8, 4) is 0 Å². The Morgan fingerprint density at radius 3 is 2.08 bits per heavy atom. The second-order valence-electron chi connectivity index (χ2n) is 2.26. The lowest BCUT2D eigenvalue weighted by atomic mass is 10.1. The standard InChI is InChI=1S/C6H9NO5/c7-4(6(11)12)1-3(8)2-5(9)10/h4H,1-2,7H2,(H,9,10)(H,11,12). The zero-order chi connectivity index (χ0) is 9.72. The highest BCUT2D eigenvalue weighted by Gasteiger charge is 2.17. The Kier molecular flexibility index (Phi) is 3.92. The SMILES string of the molecule is NC(CC(=O)CC(=O)O)C(=O)O. The second kappa shape index (κ2) is 4.45. The van der Waals surface area contributed by atoms with Crippen molar-refractivity contribution in [3.63, 3.8) is 0 Å². The van der Waals surface area contributed by atoms with Gasteiger partial charge in [0.1, 0.15) is 18.2 Å². The monoisotopic (exact) mass is 175 g/mol. The molecule has 0 aromatic carbocycles. The van der Waals surface area contributed by atoms with Crippen LogP contribution >= 0.6 is 0 Å². The van der Waals surface area contributed by atoms with Crippen LogP contribution in [0.2, 0.25) is 0 Å². The van der Waals surface area contributed by atoms with Gasteiger partial charge in [0.2, 0.25) is 0 Å². The maximum atomic E-state index is 10.6. The molecule has 4 N–H and O–H groups in total. The van der Waals surface area contributed by atoms with Crippen molar-refractivity contribution >= 4 is 17.7 Å². The molecule has 0 saturated heterocycles. The van der Waals surface area contributed by atoms with Gasteiger partial charge in [0.25, 0.3) is 0 Å². The molecule has 0 radical (unpaired) electrons. The van der Waals surface area contributed by atoms with Gasteiger partial charge in [-0.05, 0) is 0 Å². The summed E-state index contributed by atoms with van der Waals surface area (Å²) in [4.78, 5) is 30.7. The number of rotatable bonds is 5. The number of carboxylic acids is 2. The summed E-state index contributed by atoms with van der Waals surface area (Å²) in [5.74, 6) is -3.27. The average molecular weight is 175 g/mol. The molecule has 0 bridgehead atoms. The molecule has 0 heterocycles. The van der Waals surface area contributed by atoms with Crippen molar-refractivity contribution in [3.05, 3.63) is 0 Å². The number of aliphatic carboxylic acids is 2. The number of hydrogen-bond acceptors (Lipinski definition) is 4. The number of carbonyl (C=O) groups excluding carboxylic acids is 1. The van der Waals surface area contributed by atoms with E-state index in [9.17, 15) is 14.4 Å². The molecule has 0 aromatic rings. The predicted octanol–water partition coefficient (Wildman–Crippen LogP) is -1.17. The summed E-state index contributed by atoms with van der Waals surface area (Å²) in [6.45, 7) is 0. The number of carboxylic acid groups (broad SMARTS) is 2. The number of hydrogen-bond donors (Lipinski definition) is 3. The third kappa shape index (κ3) is 4.40. The van der Waals surface area contributed by atoms with E-state index in [0.29, 0.717) is 0 Å². The fourth-order valence-electron chi connectivity index (χ4n) is 0.573. The van der Waals surface area contributed by atoms with Gasteiger partial charge in [0, 0.05) is 6.42 Å². The summed E-state index contributed by atoms with van der Waals surface area (Å²) in [7, 11) is 0. The highest BCUT2D eigenvalue weighted by Crippen LogP contribution is 1.94. The third-order valence-electron chi connectivity index (χ3n) is 1.11. The lowest BCUT2D eigenvalue weighted by Crippen LogP contribution is -2.32. The van der Waals surface area contributed by atoms with Gasteiger partial charge in [-0.25, -0.2) is 0 Å². The Bertz CT molecular complexity index is 212. The van der Waals surface area contributed by atoms with Gasteiger partial charge < -0.3 is 15.9 Å². The van der Waals surface area contributed by atoms with E-state index in [2.05, 4.69) is 0 Å². The molecule has 0 aliphatic heterocycles. The van der Waals surface area contributed by atoms with Gasteiger partial charge >= 0.3 is 11.9 Å². The van der Waals surface area contributed by atoms with Crippen LogP contribution in [0.4, 0.5) is 0 Å². The quantitative estimate of drug-likeness (QED) is 0.453. The predicted molar refractivity (Wildman–Crippen MR) is 37.5 cm³/mol. The first-order valence-corrected chi connectivity index (χ1v) is 3.15. The van der Waals surface area contributed by atoms with Crippen LogP contribution in [0.15, 0.2) is 0 Å². The molecule has 0 aliphatic rings. The van der Waals surface area contributed by atoms with Gasteiger partial charge in [-0.3, -0.25) is 14.4 Å². The Morgan fingerprint density at radius 2 is 1.75 bits per heavy atom. The number of Topliss-reactive ketones (excluding diaryl/α,β-unsaturated/α-hetero) is 1. The van der Waals surface area contributed by atoms with Crippen LogP contribution in [0, 0.1) is 0 Å². The molecular formula is C6H9NO5. The van der Waals surface area contributed by atoms with Crippen molar-refractivity contribution in [1.29, 1.82) is 0 Å². The van der Waals surface area contributed by atoms with Gasteiger partial charge in [-0.2, -0.15) is 0 Å². The van der Waals surface area contributed by atoms with Crippen molar-refractivity contribution < 1.29 is 24.6 Å². The average Bonchev–Trinajstić information content (AvgIpc) is 1.84. The molecule has 0 aliphatic carbocycles. The van der Waals surface area contributed by atoms with E-state index in [-0.39, 0.29) is 0 Å². The molecule has 0 spiro atoms. The van der Waals surface area contributed by atoms with Gasteiger partial charge in [0.15, 0.2) is 0 Å². The van der Waals surface area contributed by atoms with Crippen LogP contribution in [-0.2, 0) is 14.4 Å².